The molecule has 1 saturated heterocycles. The summed E-state index contributed by atoms with van der Waals surface area (Å²) in [4.78, 5) is 23.5. The summed E-state index contributed by atoms with van der Waals surface area (Å²) in [5.74, 6) is -3.06. The number of benzene rings is 2. The molecule has 0 spiro atoms. The van der Waals surface area contributed by atoms with Crippen LogP contribution in [0.1, 0.15) is 50.3 Å². The zero-order chi connectivity index (χ0) is 25.2. The molecule has 2 aromatic rings. The number of rotatable bonds is 8. The summed E-state index contributed by atoms with van der Waals surface area (Å²) in [6, 6.07) is 21.0. The van der Waals surface area contributed by atoms with Crippen LogP contribution < -0.4 is 4.90 Å². The molecule has 2 N–H and O–H groups in total. The van der Waals surface area contributed by atoms with E-state index in [4.69, 9.17) is 24.5 Å². The highest BCUT2D eigenvalue weighted by molar-refractivity contribution is 6.27. The Morgan fingerprint density at radius 3 is 2.20 bits per heavy atom. The molecule has 190 valence electrons. The Morgan fingerprint density at radius 1 is 0.943 bits per heavy atom. The Morgan fingerprint density at radius 2 is 1.57 bits per heavy atom. The Balaban J connectivity index is 0.000000509. The van der Waals surface area contributed by atoms with Gasteiger partial charge in [0.25, 0.3) is 0 Å². The highest BCUT2D eigenvalue weighted by Crippen LogP contribution is 2.39. The Labute approximate surface area is 208 Å². The summed E-state index contributed by atoms with van der Waals surface area (Å²) in [6.07, 6.45) is 4.98. The summed E-state index contributed by atoms with van der Waals surface area (Å²) >= 11 is 0. The molecule has 7 heteroatoms. The van der Waals surface area contributed by atoms with Gasteiger partial charge < -0.3 is 19.8 Å². The van der Waals surface area contributed by atoms with Crippen LogP contribution >= 0.6 is 0 Å². The van der Waals surface area contributed by atoms with Gasteiger partial charge in [-0.3, -0.25) is 4.90 Å². The Hall–Kier alpha value is -2.90. The van der Waals surface area contributed by atoms with Crippen LogP contribution in [0.4, 0.5) is 5.69 Å². The topological polar surface area (TPSA) is 90.3 Å². The van der Waals surface area contributed by atoms with E-state index in [1.165, 1.54) is 49.2 Å². The molecule has 0 bridgehead atoms. The molecule has 2 unspecified atom stereocenters. The number of carboxylic acid groups (broad SMARTS) is 2. The number of aryl methyl sites for hydroxylation is 1. The first kappa shape index (κ1) is 26.7. The first-order valence-electron chi connectivity index (χ1n) is 12.5. The van der Waals surface area contributed by atoms with Crippen molar-refractivity contribution in [1.29, 1.82) is 0 Å². The smallest absolute Gasteiger partial charge is 0.414 e. The van der Waals surface area contributed by atoms with E-state index in [0.717, 1.165) is 26.2 Å². The van der Waals surface area contributed by atoms with E-state index >= 15 is 0 Å². The number of carbonyl (C=O) groups is 2. The third-order valence-corrected chi connectivity index (χ3v) is 6.56. The number of anilines is 1. The zero-order valence-electron chi connectivity index (χ0n) is 20.8. The number of ether oxygens (including phenoxy) is 1. The lowest BCUT2D eigenvalue weighted by molar-refractivity contribution is -0.159. The van der Waals surface area contributed by atoms with Crippen LogP contribution in [0, 0.1) is 5.92 Å². The second kappa shape index (κ2) is 13.3. The Kier molecular flexibility index (Phi) is 10.1. The van der Waals surface area contributed by atoms with E-state index in [0.29, 0.717) is 18.0 Å². The lowest BCUT2D eigenvalue weighted by atomic mass is 9.90. The van der Waals surface area contributed by atoms with Crippen molar-refractivity contribution in [1.82, 2.24) is 4.90 Å². The van der Waals surface area contributed by atoms with Crippen LogP contribution in [0.3, 0.4) is 0 Å². The van der Waals surface area contributed by atoms with Gasteiger partial charge >= 0.3 is 11.9 Å². The number of aliphatic carboxylic acids is 2. The molecule has 2 atom stereocenters. The van der Waals surface area contributed by atoms with Crippen LogP contribution in [0.2, 0.25) is 0 Å². The van der Waals surface area contributed by atoms with Gasteiger partial charge in [-0.25, -0.2) is 9.59 Å². The van der Waals surface area contributed by atoms with Crippen molar-refractivity contribution in [2.45, 2.75) is 51.6 Å². The maximum atomic E-state index is 9.10. The quantitative estimate of drug-likeness (QED) is 0.537. The molecule has 2 heterocycles. The number of hydrogen-bond acceptors (Lipinski definition) is 5. The molecular formula is C28H38N2O5. The highest BCUT2D eigenvalue weighted by atomic mass is 16.5. The van der Waals surface area contributed by atoms with Crippen molar-refractivity contribution in [3.05, 3.63) is 65.7 Å². The molecule has 4 rings (SSSR count). The first-order valence-corrected chi connectivity index (χ1v) is 12.5. The lowest BCUT2D eigenvalue weighted by Crippen LogP contribution is -2.48. The van der Waals surface area contributed by atoms with E-state index in [-0.39, 0.29) is 0 Å². The van der Waals surface area contributed by atoms with Crippen LogP contribution in [-0.4, -0.2) is 65.9 Å². The molecule has 2 aromatic carbocycles. The van der Waals surface area contributed by atoms with Crippen molar-refractivity contribution < 1.29 is 24.5 Å². The summed E-state index contributed by atoms with van der Waals surface area (Å²) < 4.78 is 6.17. The van der Waals surface area contributed by atoms with E-state index in [1.54, 1.807) is 0 Å². The summed E-state index contributed by atoms with van der Waals surface area (Å²) in [7, 11) is 0. The van der Waals surface area contributed by atoms with Crippen molar-refractivity contribution in [2.75, 3.05) is 37.7 Å². The molecular weight excluding hydrogens is 444 g/mol. The molecule has 0 saturated carbocycles. The normalized spacial score (nSPS) is 18.5. The fourth-order valence-electron chi connectivity index (χ4n) is 4.91. The van der Waals surface area contributed by atoms with Crippen LogP contribution in [0.25, 0.3) is 0 Å². The summed E-state index contributed by atoms with van der Waals surface area (Å²) in [5, 5.41) is 14.8. The van der Waals surface area contributed by atoms with Crippen LogP contribution in [0.15, 0.2) is 54.6 Å². The minimum absolute atomic E-state index is 0.446. The van der Waals surface area contributed by atoms with Crippen molar-refractivity contribution >= 4 is 17.6 Å². The average Bonchev–Trinajstić information content (AvgIpc) is 3.39. The third kappa shape index (κ3) is 7.80. The van der Waals surface area contributed by atoms with Gasteiger partial charge in [0.1, 0.15) is 0 Å². The SMILES string of the molecule is CC(C)COCC(CN1c2ccccc2CCC1c1ccccc1)N1CCCC1.O=C(O)C(=O)O. The van der Waals surface area contributed by atoms with E-state index in [2.05, 4.69) is 78.2 Å². The second-order valence-corrected chi connectivity index (χ2v) is 9.68. The van der Waals surface area contributed by atoms with Gasteiger partial charge in [-0.15, -0.1) is 0 Å². The van der Waals surface area contributed by atoms with Gasteiger partial charge in [0.05, 0.1) is 18.7 Å². The number of likely N-dealkylation sites (tertiary alicyclic amines) is 1. The van der Waals surface area contributed by atoms with Gasteiger partial charge in [0.2, 0.25) is 0 Å². The minimum Gasteiger partial charge on any atom is -0.473 e. The van der Waals surface area contributed by atoms with Crippen LogP contribution in [0.5, 0.6) is 0 Å². The minimum atomic E-state index is -1.82. The predicted molar refractivity (Wildman–Crippen MR) is 137 cm³/mol. The number of nitrogens with zero attached hydrogens (tertiary/aromatic N) is 2. The van der Waals surface area contributed by atoms with E-state index in [9.17, 15) is 0 Å². The number of carboxylic acids is 2. The monoisotopic (exact) mass is 482 g/mol. The van der Waals surface area contributed by atoms with Gasteiger partial charge in [0.15, 0.2) is 0 Å². The van der Waals surface area contributed by atoms with Gasteiger partial charge in [-0.2, -0.15) is 0 Å². The molecule has 0 aromatic heterocycles. The largest absolute Gasteiger partial charge is 0.473 e. The highest BCUT2D eigenvalue weighted by Gasteiger charge is 2.32. The molecule has 0 radical (unpaired) electrons. The average molecular weight is 483 g/mol. The zero-order valence-corrected chi connectivity index (χ0v) is 20.8. The molecule has 7 nitrogen and oxygen atoms in total. The molecule has 1 fully saturated rings. The lowest BCUT2D eigenvalue weighted by Gasteiger charge is -2.43. The first-order chi connectivity index (χ1) is 16.9. The number of hydrogen-bond donors (Lipinski definition) is 2. The predicted octanol–water partition coefficient (Wildman–Crippen LogP) is 4.47. The van der Waals surface area contributed by atoms with Crippen molar-refractivity contribution in [3.8, 4) is 0 Å². The molecule has 35 heavy (non-hydrogen) atoms. The third-order valence-electron chi connectivity index (χ3n) is 6.56. The van der Waals surface area contributed by atoms with Gasteiger partial charge in [-0.05, 0) is 61.9 Å². The van der Waals surface area contributed by atoms with Gasteiger partial charge in [0, 0.05) is 18.8 Å². The fourth-order valence-corrected chi connectivity index (χ4v) is 4.91. The second-order valence-electron chi connectivity index (χ2n) is 9.68. The molecule has 0 aliphatic carbocycles. The number of fused-ring (bicyclic) bond motifs is 1. The van der Waals surface area contributed by atoms with Gasteiger partial charge in [-0.1, -0.05) is 62.4 Å². The van der Waals surface area contributed by atoms with Crippen molar-refractivity contribution in [2.24, 2.45) is 5.92 Å². The summed E-state index contributed by atoms with van der Waals surface area (Å²) in [5.41, 5.74) is 4.34. The summed E-state index contributed by atoms with van der Waals surface area (Å²) in [6.45, 7) is 9.60. The molecule has 2 aliphatic heterocycles. The van der Waals surface area contributed by atoms with E-state index < -0.39 is 11.9 Å². The standard InChI is InChI=1S/C26H36N2O.C2H2O4/c1-21(2)19-29-20-24(27-16-8-9-17-27)18-28-25-13-7-6-12-23(25)14-15-26(28)22-10-4-3-5-11-22;3-1(4)2(5)6/h3-7,10-13,21,24,26H,8-9,14-20H2,1-2H3;(H,3,4)(H,5,6). The molecule has 2 aliphatic rings. The van der Waals surface area contributed by atoms with Crippen molar-refractivity contribution in [3.63, 3.8) is 0 Å². The Bertz CT molecular complexity index is 931. The fraction of sp³-hybridized carbons (Fsp3) is 0.500. The maximum Gasteiger partial charge on any atom is 0.414 e. The number of para-hydroxylation sites is 1. The maximum absolute atomic E-state index is 9.10. The molecule has 0 amide bonds. The van der Waals surface area contributed by atoms with Crippen LogP contribution in [-0.2, 0) is 20.7 Å². The van der Waals surface area contributed by atoms with E-state index in [1.807, 2.05) is 0 Å².